The summed E-state index contributed by atoms with van der Waals surface area (Å²) >= 11 is 3.53. The zero-order chi connectivity index (χ0) is 12.7. The Kier molecular flexibility index (Phi) is 2.98. The molecule has 2 N–H and O–H groups in total. The Balaban J connectivity index is 2.16. The molecular weight excluding hydrogens is 362 g/mol. The van der Waals surface area contributed by atoms with Crippen molar-refractivity contribution < 1.29 is 4.39 Å². The number of anilines is 1. The molecule has 0 saturated heterocycles. The summed E-state index contributed by atoms with van der Waals surface area (Å²) in [6.07, 6.45) is 0. The molecule has 2 nitrogen and oxygen atoms in total. The molecule has 0 bridgehead atoms. The Labute approximate surface area is 118 Å². The maximum atomic E-state index is 13.1. The number of halogens is 2. The number of aromatic nitrogens is 1. The zero-order valence-corrected chi connectivity index (χ0v) is 12.5. The quantitative estimate of drug-likeness (QED) is 0.527. The number of rotatable bonds is 1. The van der Waals surface area contributed by atoms with Gasteiger partial charge in [-0.25, -0.2) is 0 Å². The van der Waals surface area contributed by atoms with Gasteiger partial charge in [0.05, 0.1) is 0 Å². The molecule has 1 heterocycles. The van der Waals surface area contributed by atoms with Gasteiger partial charge in [0.15, 0.2) is 0 Å². The summed E-state index contributed by atoms with van der Waals surface area (Å²) in [5.74, 6) is -0.243. The Morgan fingerprint density at radius 1 is 1.17 bits per heavy atom. The molecule has 0 aliphatic carbocycles. The van der Waals surface area contributed by atoms with Crippen LogP contribution < -0.4 is 5.73 Å². The van der Waals surface area contributed by atoms with Crippen LogP contribution in [0.4, 0.5) is 10.1 Å². The van der Waals surface area contributed by atoms with Gasteiger partial charge in [-0.15, -0.1) is 0 Å². The van der Waals surface area contributed by atoms with Crippen LogP contribution in [0.3, 0.4) is 0 Å². The molecule has 90 valence electrons. The Bertz CT molecular complexity index is 739. The van der Waals surface area contributed by atoms with E-state index < -0.39 is 0 Å². The summed E-state index contributed by atoms with van der Waals surface area (Å²) in [4.78, 5) is 4.50. The van der Waals surface area contributed by atoms with Gasteiger partial charge in [0.25, 0.3) is 0 Å². The van der Waals surface area contributed by atoms with Gasteiger partial charge in [-0.2, -0.15) is 0 Å². The fourth-order valence-corrected chi connectivity index (χ4v) is 4.04. The number of hydrogen-bond donors (Lipinski definition) is 1. The Morgan fingerprint density at radius 3 is 2.78 bits per heavy atom. The minimum absolute atomic E-state index is 0.124. The first-order chi connectivity index (χ1) is 8.63. The van der Waals surface area contributed by atoms with Crippen molar-refractivity contribution in [3.63, 3.8) is 0 Å². The molecule has 0 unspecified atom stereocenters. The van der Waals surface area contributed by atoms with Crippen LogP contribution in [0.5, 0.6) is 0 Å². The number of nitrogen functional groups attached to an aromatic ring is 1. The van der Waals surface area contributed by atoms with E-state index in [1.54, 1.807) is 0 Å². The SMILES string of the molecule is Nc1ccc(-c2nc3cc(F)ccc3[se]2)cc1Br. The van der Waals surface area contributed by atoms with Crippen LogP contribution >= 0.6 is 15.9 Å². The van der Waals surface area contributed by atoms with Gasteiger partial charge in [-0.1, -0.05) is 0 Å². The molecule has 0 spiro atoms. The normalized spacial score (nSPS) is 11.0. The molecule has 0 amide bonds. The zero-order valence-electron chi connectivity index (χ0n) is 9.15. The number of hydrogen-bond acceptors (Lipinski definition) is 2. The van der Waals surface area contributed by atoms with Crippen LogP contribution in [0.15, 0.2) is 40.9 Å². The van der Waals surface area contributed by atoms with Crippen LogP contribution in [-0.2, 0) is 0 Å². The molecule has 18 heavy (non-hydrogen) atoms. The predicted octanol–water partition coefficient (Wildman–Crippen LogP) is 3.44. The molecule has 0 aliphatic rings. The van der Waals surface area contributed by atoms with E-state index in [4.69, 9.17) is 5.73 Å². The second kappa shape index (κ2) is 4.50. The van der Waals surface area contributed by atoms with E-state index in [9.17, 15) is 4.39 Å². The van der Waals surface area contributed by atoms with E-state index in [1.165, 1.54) is 12.1 Å². The van der Waals surface area contributed by atoms with Crippen LogP contribution in [0, 0.1) is 5.82 Å². The van der Waals surface area contributed by atoms with Crippen molar-refractivity contribution in [1.29, 1.82) is 0 Å². The third kappa shape index (κ3) is 2.09. The summed E-state index contributed by atoms with van der Waals surface area (Å²) in [5.41, 5.74) is 8.25. The second-order valence-electron chi connectivity index (χ2n) is 3.87. The summed E-state index contributed by atoms with van der Waals surface area (Å²) in [6.45, 7) is 0. The summed E-state index contributed by atoms with van der Waals surface area (Å²) in [7, 11) is 0. The summed E-state index contributed by atoms with van der Waals surface area (Å²) in [6, 6.07) is 10.5. The average Bonchev–Trinajstić information content (AvgIpc) is 2.75. The molecule has 5 heteroatoms. The van der Waals surface area contributed by atoms with E-state index in [0.717, 1.165) is 24.4 Å². The van der Waals surface area contributed by atoms with Gasteiger partial charge < -0.3 is 0 Å². The van der Waals surface area contributed by atoms with Crippen molar-refractivity contribution in [1.82, 2.24) is 4.98 Å². The van der Waals surface area contributed by atoms with Crippen LogP contribution in [-0.4, -0.2) is 19.5 Å². The van der Waals surface area contributed by atoms with Crippen molar-refractivity contribution in [2.45, 2.75) is 0 Å². The monoisotopic (exact) mass is 370 g/mol. The number of nitrogens with zero attached hydrogens (tertiary/aromatic N) is 1. The van der Waals surface area contributed by atoms with Gasteiger partial charge in [0, 0.05) is 0 Å². The van der Waals surface area contributed by atoms with Gasteiger partial charge >= 0.3 is 118 Å². The van der Waals surface area contributed by atoms with Crippen molar-refractivity contribution >= 4 is 45.9 Å². The first kappa shape index (κ1) is 11.9. The Hall–Kier alpha value is -1.16. The first-order valence-electron chi connectivity index (χ1n) is 5.25. The molecule has 3 aromatic rings. The van der Waals surface area contributed by atoms with E-state index in [2.05, 4.69) is 20.9 Å². The molecule has 0 fully saturated rings. The summed E-state index contributed by atoms with van der Waals surface area (Å²) in [5, 5.41) is 0. The molecule has 0 aliphatic heterocycles. The molecular formula is C13H8BrFN2Se. The Morgan fingerprint density at radius 2 is 2.00 bits per heavy atom. The van der Waals surface area contributed by atoms with Gasteiger partial charge in [0.2, 0.25) is 0 Å². The first-order valence-corrected chi connectivity index (χ1v) is 7.75. The molecule has 0 atom stereocenters. The maximum absolute atomic E-state index is 13.1. The fraction of sp³-hybridized carbons (Fsp3) is 0. The van der Waals surface area contributed by atoms with Crippen molar-refractivity contribution in [2.75, 3.05) is 5.73 Å². The van der Waals surface area contributed by atoms with Crippen LogP contribution in [0.1, 0.15) is 0 Å². The van der Waals surface area contributed by atoms with Gasteiger partial charge in [0.1, 0.15) is 0 Å². The van der Waals surface area contributed by atoms with Crippen LogP contribution in [0.2, 0.25) is 0 Å². The van der Waals surface area contributed by atoms with Crippen LogP contribution in [0.25, 0.3) is 19.9 Å². The minimum atomic E-state index is -0.243. The van der Waals surface area contributed by atoms with E-state index >= 15 is 0 Å². The molecule has 0 saturated carbocycles. The average molecular weight is 370 g/mol. The van der Waals surface area contributed by atoms with Crippen molar-refractivity contribution in [3.8, 4) is 10.1 Å². The number of fused-ring (bicyclic) bond motifs is 1. The second-order valence-corrected chi connectivity index (χ2v) is 6.88. The van der Waals surface area contributed by atoms with Gasteiger partial charge in [-0.3, -0.25) is 0 Å². The molecule has 3 rings (SSSR count). The van der Waals surface area contributed by atoms with E-state index in [0.29, 0.717) is 5.69 Å². The number of benzene rings is 2. The summed E-state index contributed by atoms with van der Waals surface area (Å²) < 4.78 is 16.1. The van der Waals surface area contributed by atoms with Crippen molar-refractivity contribution in [3.05, 3.63) is 46.7 Å². The number of nitrogens with two attached hydrogens (primary N) is 1. The molecule has 1 aromatic heterocycles. The van der Waals surface area contributed by atoms with E-state index in [1.807, 2.05) is 24.3 Å². The molecule has 2 aromatic carbocycles. The van der Waals surface area contributed by atoms with E-state index in [-0.39, 0.29) is 20.3 Å². The van der Waals surface area contributed by atoms with Gasteiger partial charge in [-0.05, 0) is 0 Å². The molecule has 0 radical (unpaired) electrons. The predicted molar refractivity (Wildman–Crippen MR) is 76.2 cm³/mol. The standard InChI is InChI=1S/C13H8BrFN2Se/c14-9-5-7(1-3-10(9)16)13-17-11-6-8(15)2-4-12(11)18-13/h1-6H,16H2. The third-order valence-electron chi connectivity index (χ3n) is 2.60. The van der Waals surface area contributed by atoms with Crippen molar-refractivity contribution in [2.24, 2.45) is 0 Å². The third-order valence-corrected chi connectivity index (χ3v) is 5.56. The topological polar surface area (TPSA) is 38.9 Å². The fourth-order valence-electron chi connectivity index (χ4n) is 1.68.